The van der Waals surface area contributed by atoms with Gasteiger partial charge in [0.05, 0.1) is 6.61 Å². The first kappa shape index (κ1) is 7.69. The van der Waals surface area contributed by atoms with Crippen molar-refractivity contribution in [2.75, 3.05) is 19.7 Å². The molecule has 1 rings (SSSR count). The van der Waals surface area contributed by atoms with Crippen molar-refractivity contribution in [3.8, 4) is 0 Å². The molecule has 0 radical (unpaired) electrons. The van der Waals surface area contributed by atoms with Gasteiger partial charge >= 0.3 is 0 Å². The van der Waals surface area contributed by atoms with E-state index < -0.39 is 0 Å². The summed E-state index contributed by atoms with van der Waals surface area (Å²) < 4.78 is 0. The highest BCUT2D eigenvalue weighted by Crippen LogP contribution is 2.04. The number of piperidine rings is 1. The van der Waals surface area contributed by atoms with Gasteiger partial charge in [-0.15, -0.1) is 0 Å². The van der Waals surface area contributed by atoms with E-state index in [4.69, 9.17) is 4.84 Å². The van der Waals surface area contributed by atoms with E-state index >= 15 is 0 Å². The number of hydrogen-bond acceptors (Lipinski definition) is 3. The summed E-state index contributed by atoms with van der Waals surface area (Å²) in [6, 6.07) is 0. The van der Waals surface area contributed by atoms with Crippen LogP contribution in [0.4, 0.5) is 0 Å². The summed E-state index contributed by atoms with van der Waals surface area (Å²) in [6.07, 6.45) is 1.31. The van der Waals surface area contributed by atoms with Crippen LogP contribution in [-0.2, 0) is 9.63 Å². The number of ketones is 1. The minimum Gasteiger partial charge on any atom is -0.300 e. The number of hydroxylamine groups is 2. The van der Waals surface area contributed by atoms with Crippen LogP contribution in [0, 0.1) is 0 Å². The molecule has 1 saturated heterocycles. The van der Waals surface area contributed by atoms with Gasteiger partial charge in [0, 0.05) is 25.9 Å². The van der Waals surface area contributed by atoms with Crippen LogP contribution in [0.15, 0.2) is 0 Å². The minimum atomic E-state index is 0.357. The van der Waals surface area contributed by atoms with Crippen molar-refractivity contribution in [1.29, 1.82) is 0 Å². The zero-order valence-corrected chi connectivity index (χ0v) is 6.30. The molecule has 1 aliphatic heterocycles. The number of rotatable bonds is 2. The summed E-state index contributed by atoms with van der Waals surface area (Å²) in [4.78, 5) is 15.9. The molecule has 0 atom stereocenters. The number of carbonyl (C=O) groups excluding carboxylic acids is 1. The topological polar surface area (TPSA) is 29.5 Å². The van der Waals surface area contributed by atoms with Gasteiger partial charge in [0.2, 0.25) is 0 Å². The van der Waals surface area contributed by atoms with Crippen molar-refractivity contribution in [3.05, 3.63) is 0 Å². The summed E-state index contributed by atoms with van der Waals surface area (Å²) in [7, 11) is 0. The van der Waals surface area contributed by atoms with Crippen molar-refractivity contribution in [2.45, 2.75) is 19.8 Å². The van der Waals surface area contributed by atoms with E-state index in [1.165, 1.54) is 0 Å². The average Bonchev–Trinajstić information content (AvgIpc) is 1.95. The summed E-state index contributed by atoms with van der Waals surface area (Å²) in [6.45, 7) is 4.20. The van der Waals surface area contributed by atoms with Gasteiger partial charge in [0.25, 0.3) is 0 Å². The van der Waals surface area contributed by atoms with Crippen molar-refractivity contribution < 1.29 is 9.63 Å². The molecule has 0 amide bonds. The molecule has 0 bridgehead atoms. The Labute approximate surface area is 60.9 Å². The van der Waals surface area contributed by atoms with Crippen LogP contribution in [0.1, 0.15) is 19.8 Å². The van der Waals surface area contributed by atoms with E-state index in [9.17, 15) is 4.79 Å². The molecule has 3 nitrogen and oxygen atoms in total. The van der Waals surface area contributed by atoms with E-state index in [2.05, 4.69) is 0 Å². The fourth-order valence-electron chi connectivity index (χ4n) is 1.05. The van der Waals surface area contributed by atoms with E-state index in [-0.39, 0.29) is 0 Å². The van der Waals surface area contributed by atoms with Crippen molar-refractivity contribution >= 4 is 5.78 Å². The standard InChI is InChI=1S/C7H13NO2/c1-2-10-8-5-3-7(9)4-6-8/h2-6H2,1H3. The Kier molecular flexibility index (Phi) is 2.83. The molecule has 1 heterocycles. The Hall–Kier alpha value is -0.410. The lowest BCUT2D eigenvalue weighted by Crippen LogP contribution is -2.33. The van der Waals surface area contributed by atoms with Gasteiger partial charge in [0.15, 0.2) is 0 Å². The lowest BCUT2D eigenvalue weighted by atomic mass is 10.1. The van der Waals surface area contributed by atoms with Gasteiger partial charge in [-0.25, -0.2) is 0 Å². The monoisotopic (exact) mass is 143 g/mol. The fourth-order valence-corrected chi connectivity index (χ4v) is 1.05. The van der Waals surface area contributed by atoms with Crippen LogP contribution < -0.4 is 0 Å². The van der Waals surface area contributed by atoms with Crippen LogP contribution in [-0.4, -0.2) is 30.5 Å². The molecule has 0 aromatic rings. The highest BCUT2D eigenvalue weighted by atomic mass is 16.7. The molecule has 0 aromatic carbocycles. The highest BCUT2D eigenvalue weighted by Gasteiger charge is 2.15. The zero-order valence-electron chi connectivity index (χ0n) is 6.30. The second-order valence-electron chi connectivity index (χ2n) is 2.39. The number of carbonyl (C=O) groups is 1. The molecular formula is C7H13NO2. The molecule has 0 saturated carbocycles. The van der Waals surface area contributed by atoms with Crippen LogP contribution in [0.5, 0.6) is 0 Å². The molecule has 0 unspecified atom stereocenters. The number of nitrogens with zero attached hydrogens (tertiary/aromatic N) is 1. The third-order valence-electron chi connectivity index (χ3n) is 1.59. The van der Waals surface area contributed by atoms with Crippen molar-refractivity contribution in [1.82, 2.24) is 5.06 Å². The third kappa shape index (κ3) is 2.08. The Bertz CT molecular complexity index is 115. The Morgan fingerprint density at radius 3 is 2.60 bits per heavy atom. The van der Waals surface area contributed by atoms with Crippen LogP contribution in [0.25, 0.3) is 0 Å². The summed E-state index contributed by atoms with van der Waals surface area (Å²) in [5.74, 6) is 0.357. The summed E-state index contributed by atoms with van der Waals surface area (Å²) >= 11 is 0. The van der Waals surface area contributed by atoms with Crippen LogP contribution >= 0.6 is 0 Å². The first-order chi connectivity index (χ1) is 4.83. The zero-order chi connectivity index (χ0) is 7.40. The molecule has 0 aliphatic carbocycles. The molecule has 1 aliphatic rings. The Morgan fingerprint density at radius 2 is 2.10 bits per heavy atom. The van der Waals surface area contributed by atoms with Gasteiger partial charge in [-0.3, -0.25) is 9.63 Å². The average molecular weight is 143 g/mol. The Balaban J connectivity index is 2.19. The molecule has 0 N–H and O–H groups in total. The van der Waals surface area contributed by atoms with E-state index in [1.807, 2.05) is 12.0 Å². The molecule has 0 spiro atoms. The fraction of sp³-hybridized carbons (Fsp3) is 0.857. The first-order valence-electron chi connectivity index (χ1n) is 3.72. The maximum atomic E-state index is 10.7. The van der Waals surface area contributed by atoms with Crippen LogP contribution in [0.3, 0.4) is 0 Å². The van der Waals surface area contributed by atoms with E-state index in [0.29, 0.717) is 25.2 Å². The molecular weight excluding hydrogens is 130 g/mol. The molecule has 10 heavy (non-hydrogen) atoms. The van der Waals surface area contributed by atoms with Crippen molar-refractivity contribution in [3.63, 3.8) is 0 Å². The maximum Gasteiger partial charge on any atom is 0.135 e. The summed E-state index contributed by atoms with van der Waals surface area (Å²) in [5, 5.41) is 1.86. The summed E-state index contributed by atoms with van der Waals surface area (Å²) in [5.41, 5.74) is 0. The molecule has 1 fully saturated rings. The quantitative estimate of drug-likeness (QED) is 0.567. The van der Waals surface area contributed by atoms with Gasteiger partial charge in [-0.05, 0) is 6.92 Å². The molecule has 3 heteroatoms. The van der Waals surface area contributed by atoms with Gasteiger partial charge < -0.3 is 0 Å². The minimum absolute atomic E-state index is 0.357. The van der Waals surface area contributed by atoms with Gasteiger partial charge in [-0.2, -0.15) is 5.06 Å². The lowest BCUT2D eigenvalue weighted by Gasteiger charge is -2.23. The number of hydrogen-bond donors (Lipinski definition) is 0. The molecule has 58 valence electrons. The van der Waals surface area contributed by atoms with Crippen LogP contribution in [0.2, 0.25) is 0 Å². The SMILES string of the molecule is CCON1CCC(=O)CC1. The highest BCUT2D eigenvalue weighted by molar-refractivity contribution is 5.79. The van der Waals surface area contributed by atoms with Crippen molar-refractivity contribution in [2.24, 2.45) is 0 Å². The van der Waals surface area contributed by atoms with Gasteiger partial charge in [0.1, 0.15) is 5.78 Å². The third-order valence-corrected chi connectivity index (χ3v) is 1.59. The Morgan fingerprint density at radius 1 is 1.50 bits per heavy atom. The second-order valence-corrected chi connectivity index (χ2v) is 2.39. The van der Waals surface area contributed by atoms with E-state index in [0.717, 1.165) is 13.1 Å². The van der Waals surface area contributed by atoms with Gasteiger partial charge in [-0.1, -0.05) is 0 Å². The predicted octanol–water partition coefficient (Wildman–Crippen LogP) is 0.603. The number of Topliss-reactive ketones (excluding diaryl/α,β-unsaturated/α-hetero) is 1. The predicted molar refractivity (Wildman–Crippen MR) is 37.4 cm³/mol. The maximum absolute atomic E-state index is 10.7. The normalized spacial score (nSPS) is 21.5. The van der Waals surface area contributed by atoms with E-state index in [1.54, 1.807) is 0 Å². The largest absolute Gasteiger partial charge is 0.300 e. The first-order valence-corrected chi connectivity index (χ1v) is 3.72. The smallest absolute Gasteiger partial charge is 0.135 e. The second kappa shape index (κ2) is 3.68. The molecule has 0 aromatic heterocycles. The lowest BCUT2D eigenvalue weighted by molar-refractivity contribution is -0.169.